The van der Waals surface area contributed by atoms with Gasteiger partial charge in [-0.05, 0) is 43.0 Å². The first kappa shape index (κ1) is 24.8. The van der Waals surface area contributed by atoms with Gasteiger partial charge in [-0.1, -0.05) is 62.9 Å². The van der Waals surface area contributed by atoms with Crippen molar-refractivity contribution in [2.75, 3.05) is 5.75 Å². The number of Topliss-reactive ketones (excluding diaryl/α,β-unsaturated/α-hetero) is 1. The van der Waals surface area contributed by atoms with Crippen molar-refractivity contribution in [2.45, 2.75) is 58.3 Å². The summed E-state index contributed by atoms with van der Waals surface area (Å²) in [5, 5.41) is 9.55. The second kappa shape index (κ2) is 10.1. The second-order valence-corrected chi connectivity index (χ2v) is 10.6. The molecule has 0 radical (unpaired) electrons. The van der Waals surface area contributed by atoms with E-state index < -0.39 is 0 Å². The van der Waals surface area contributed by atoms with Crippen LogP contribution in [0.25, 0.3) is 11.4 Å². The second-order valence-electron chi connectivity index (χ2n) is 9.69. The van der Waals surface area contributed by atoms with Crippen molar-refractivity contribution in [3.8, 4) is 11.4 Å². The van der Waals surface area contributed by atoms with Crippen LogP contribution in [0.15, 0.2) is 71.0 Å². The number of benzene rings is 1. The lowest BCUT2D eigenvalue weighted by Gasteiger charge is -2.19. The van der Waals surface area contributed by atoms with Gasteiger partial charge < -0.3 is 8.98 Å². The number of carbonyl (C=O) groups excluding carboxylic acids is 1. The Balaban J connectivity index is 1.52. The fraction of sp³-hybridized carbons (Fsp3) is 0.321. The number of thioether (sulfide) groups is 1. The van der Waals surface area contributed by atoms with Crippen LogP contribution in [0.2, 0.25) is 0 Å². The predicted molar refractivity (Wildman–Crippen MR) is 141 cm³/mol. The molecule has 0 aliphatic carbocycles. The molecule has 6 nitrogen and oxygen atoms in total. The van der Waals surface area contributed by atoms with Gasteiger partial charge in [0.25, 0.3) is 0 Å². The maximum atomic E-state index is 13.1. The number of ketones is 1. The maximum absolute atomic E-state index is 13.1. The number of hydrogen-bond donors (Lipinski definition) is 0. The minimum Gasteiger partial charge on any atom is -0.467 e. The van der Waals surface area contributed by atoms with E-state index in [9.17, 15) is 4.79 Å². The molecular weight excluding hydrogens is 456 g/mol. The first-order valence-corrected chi connectivity index (χ1v) is 12.7. The van der Waals surface area contributed by atoms with E-state index in [0.29, 0.717) is 18.2 Å². The van der Waals surface area contributed by atoms with Gasteiger partial charge in [0.15, 0.2) is 16.8 Å². The molecule has 35 heavy (non-hydrogen) atoms. The average Bonchev–Trinajstić information content (AvgIpc) is 3.54. The van der Waals surface area contributed by atoms with Crippen LogP contribution in [0.4, 0.5) is 0 Å². The zero-order chi connectivity index (χ0) is 25.2. The minimum atomic E-state index is 0.0676. The van der Waals surface area contributed by atoms with Gasteiger partial charge in [-0.3, -0.25) is 9.36 Å². The van der Waals surface area contributed by atoms with E-state index in [1.807, 2.05) is 42.7 Å². The molecule has 4 aromatic rings. The van der Waals surface area contributed by atoms with Crippen molar-refractivity contribution in [3.63, 3.8) is 0 Å². The Morgan fingerprint density at radius 2 is 1.86 bits per heavy atom. The number of carbonyl (C=O) groups is 1. The van der Waals surface area contributed by atoms with E-state index in [0.717, 1.165) is 34.1 Å². The number of aryl methyl sites for hydroxylation is 1. The molecule has 1 aromatic carbocycles. The molecule has 0 spiro atoms. The molecule has 3 aromatic heterocycles. The van der Waals surface area contributed by atoms with Crippen LogP contribution < -0.4 is 0 Å². The Kier molecular flexibility index (Phi) is 7.17. The number of aromatic nitrogens is 4. The van der Waals surface area contributed by atoms with Crippen molar-refractivity contribution in [1.29, 1.82) is 0 Å². The Hall–Kier alpha value is -3.32. The zero-order valence-corrected chi connectivity index (χ0v) is 21.9. The summed E-state index contributed by atoms with van der Waals surface area (Å²) in [6.07, 6.45) is 3.49. The molecule has 3 heterocycles. The van der Waals surface area contributed by atoms with Gasteiger partial charge in [-0.15, -0.1) is 16.8 Å². The summed E-state index contributed by atoms with van der Waals surface area (Å²) < 4.78 is 9.60. The van der Waals surface area contributed by atoms with Gasteiger partial charge in [-0.2, -0.15) is 0 Å². The van der Waals surface area contributed by atoms with Crippen molar-refractivity contribution >= 4 is 17.5 Å². The highest BCUT2D eigenvalue weighted by molar-refractivity contribution is 7.99. The van der Waals surface area contributed by atoms with E-state index >= 15 is 0 Å². The summed E-state index contributed by atoms with van der Waals surface area (Å²) in [7, 11) is 0. The SMILES string of the molecule is C=CCn1c(SCC(=O)c2cc(C)n(Cc3ccco3)c2C)nnc1-c1ccc(C(C)(C)C)cc1. The molecule has 0 saturated carbocycles. The van der Waals surface area contributed by atoms with Gasteiger partial charge in [0.1, 0.15) is 5.76 Å². The van der Waals surface area contributed by atoms with E-state index in [1.165, 1.54) is 17.3 Å². The van der Waals surface area contributed by atoms with Gasteiger partial charge in [0.05, 0.1) is 18.6 Å². The summed E-state index contributed by atoms with van der Waals surface area (Å²) in [6, 6.07) is 14.2. The molecule has 0 fully saturated rings. The molecule has 0 aliphatic heterocycles. The summed E-state index contributed by atoms with van der Waals surface area (Å²) in [6.45, 7) is 15.6. The van der Waals surface area contributed by atoms with Crippen LogP contribution in [-0.2, 0) is 18.5 Å². The Morgan fingerprint density at radius 3 is 2.49 bits per heavy atom. The van der Waals surface area contributed by atoms with Crippen LogP contribution in [0.3, 0.4) is 0 Å². The number of rotatable bonds is 9. The van der Waals surface area contributed by atoms with Gasteiger partial charge >= 0.3 is 0 Å². The lowest BCUT2D eigenvalue weighted by molar-refractivity contribution is 0.102. The quantitative estimate of drug-likeness (QED) is 0.154. The highest BCUT2D eigenvalue weighted by Crippen LogP contribution is 2.28. The third-order valence-corrected chi connectivity index (χ3v) is 7.10. The topological polar surface area (TPSA) is 65.8 Å². The lowest BCUT2D eigenvalue weighted by Crippen LogP contribution is -2.10. The molecule has 0 amide bonds. The van der Waals surface area contributed by atoms with E-state index in [2.05, 4.69) is 66.4 Å². The minimum absolute atomic E-state index is 0.0676. The van der Waals surface area contributed by atoms with Crippen molar-refractivity contribution < 1.29 is 9.21 Å². The monoisotopic (exact) mass is 488 g/mol. The Bertz CT molecular complexity index is 1320. The molecule has 0 atom stereocenters. The third kappa shape index (κ3) is 5.35. The Labute approximate surface area is 211 Å². The Morgan fingerprint density at radius 1 is 1.11 bits per heavy atom. The summed E-state index contributed by atoms with van der Waals surface area (Å²) in [5.74, 6) is 1.99. The van der Waals surface area contributed by atoms with Gasteiger partial charge in [0, 0.05) is 29.1 Å². The standard InChI is InChI=1S/C28H32N4O2S/c1-7-14-31-26(21-10-12-22(13-11-21)28(4,5)6)29-30-27(31)35-18-25(33)24-16-19(2)32(20(24)3)17-23-9-8-15-34-23/h7-13,15-16H,1,14,17-18H2,2-6H3. The lowest BCUT2D eigenvalue weighted by atomic mass is 9.87. The normalized spacial score (nSPS) is 11.7. The molecule has 7 heteroatoms. The number of nitrogens with zero attached hydrogens (tertiary/aromatic N) is 4. The summed E-state index contributed by atoms with van der Waals surface area (Å²) in [5.41, 5.74) is 5.05. The predicted octanol–water partition coefficient (Wildman–Crippen LogP) is 6.46. The zero-order valence-electron chi connectivity index (χ0n) is 21.0. The van der Waals surface area contributed by atoms with Crippen LogP contribution in [0, 0.1) is 13.8 Å². The number of furan rings is 1. The van der Waals surface area contributed by atoms with Crippen LogP contribution in [-0.4, -0.2) is 30.9 Å². The fourth-order valence-corrected chi connectivity index (χ4v) is 4.95. The largest absolute Gasteiger partial charge is 0.467 e. The van der Waals surface area contributed by atoms with Crippen molar-refractivity contribution in [1.82, 2.24) is 19.3 Å². The van der Waals surface area contributed by atoms with Crippen LogP contribution >= 0.6 is 11.8 Å². The number of allylic oxidation sites excluding steroid dienone is 1. The number of hydrogen-bond acceptors (Lipinski definition) is 5. The van der Waals surface area contributed by atoms with Crippen LogP contribution in [0.5, 0.6) is 0 Å². The first-order valence-electron chi connectivity index (χ1n) is 11.7. The van der Waals surface area contributed by atoms with E-state index in [1.54, 1.807) is 6.26 Å². The summed E-state index contributed by atoms with van der Waals surface area (Å²) >= 11 is 1.41. The average molecular weight is 489 g/mol. The molecule has 0 saturated heterocycles. The third-order valence-electron chi connectivity index (χ3n) is 6.14. The summed E-state index contributed by atoms with van der Waals surface area (Å²) in [4.78, 5) is 13.1. The molecule has 182 valence electrons. The molecule has 0 aliphatic rings. The molecule has 0 bridgehead atoms. The van der Waals surface area contributed by atoms with Gasteiger partial charge in [0.2, 0.25) is 0 Å². The van der Waals surface area contributed by atoms with Crippen molar-refractivity contribution in [2.24, 2.45) is 0 Å². The van der Waals surface area contributed by atoms with Gasteiger partial charge in [-0.25, -0.2) is 0 Å². The molecular formula is C28H32N4O2S. The van der Waals surface area contributed by atoms with E-state index in [4.69, 9.17) is 4.42 Å². The van der Waals surface area contributed by atoms with Crippen molar-refractivity contribution in [3.05, 3.63) is 89.7 Å². The van der Waals surface area contributed by atoms with E-state index in [-0.39, 0.29) is 17.0 Å². The smallest absolute Gasteiger partial charge is 0.192 e. The molecule has 0 unspecified atom stereocenters. The fourth-order valence-electron chi connectivity index (χ4n) is 4.11. The maximum Gasteiger partial charge on any atom is 0.192 e. The highest BCUT2D eigenvalue weighted by Gasteiger charge is 2.20. The first-order chi connectivity index (χ1) is 16.7. The molecule has 4 rings (SSSR count). The highest BCUT2D eigenvalue weighted by atomic mass is 32.2. The van der Waals surface area contributed by atoms with Crippen LogP contribution in [0.1, 0.15) is 53.8 Å². The molecule has 0 N–H and O–H groups in total.